The van der Waals surface area contributed by atoms with Gasteiger partial charge in [-0.2, -0.15) is 5.26 Å². The Morgan fingerprint density at radius 3 is 2.10 bits per heavy atom. The Morgan fingerprint density at radius 2 is 1.38 bits per heavy atom. The van der Waals surface area contributed by atoms with Crippen LogP contribution in [0.5, 0.6) is 0 Å². The largest absolute Gasteiger partial charge is 0.456 e. The molecule has 0 bridgehead atoms. The van der Waals surface area contributed by atoms with Crippen LogP contribution >= 0.6 is 0 Å². The molecule has 2 aromatic heterocycles. The molecule has 4 heteroatoms. The second-order valence-electron chi connectivity index (χ2n) is 10.1. The van der Waals surface area contributed by atoms with Crippen LogP contribution in [-0.4, -0.2) is 11.1 Å². The summed E-state index contributed by atoms with van der Waals surface area (Å²) < 4.78 is 8.39. The minimum Gasteiger partial charge on any atom is -0.456 e. The molecule has 0 unspecified atom stereocenters. The number of hydrogen-bond donors (Lipinski definition) is 1. The highest BCUT2D eigenvalue weighted by Gasteiger charge is 2.23. The highest BCUT2D eigenvalue weighted by molar-refractivity contribution is 6.11. The van der Waals surface area contributed by atoms with Gasteiger partial charge in [-0.15, -0.1) is 0 Å². The number of furan rings is 1. The Hall–Kier alpha value is -5.53. The number of nitrogens with zero attached hydrogens (tertiary/aromatic N) is 2. The Labute approximate surface area is 230 Å². The van der Waals surface area contributed by atoms with E-state index in [2.05, 4.69) is 107 Å². The van der Waals surface area contributed by atoms with Crippen molar-refractivity contribution in [2.75, 3.05) is 6.54 Å². The van der Waals surface area contributed by atoms with Crippen LogP contribution < -0.4 is 5.32 Å². The fraction of sp³-hybridized carbons (Fsp3) is 0.0278. The summed E-state index contributed by atoms with van der Waals surface area (Å²) in [5, 5.41) is 18.5. The van der Waals surface area contributed by atoms with Gasteiger partial charge >= 0.3 is 0 Å². The number of benzene rings is 5. The van der Waals surface area contributed by atoms with E-state index in [0.717, 1.165) is 78.2 Å². The summed E-state index contributed by atoms with van der Waals surface area (Å²) in [6.07, 6.45) is 6.17. The minimum atomic E-state index is 0.640. The minimum absolute atomic E-state index is 0.640. The van der Waals surface area contributed by atoms with Gasteiger partial charge in [0.05, 0.1) is 22.3 Å². The van der Waals surface area contributed by atoms with Crippen molar-refractivity contribution < 1.29 is 4.42 Å². The van der Waals surface area contributed by atoms with Crippen LogP contribution in [-0.2, 0) is 0 Å². The maximum absolute atomic E-state index is 10.8. The molecule has 0 saturated heterocycles. The molecule has 0 radical (unpaired) electrons. The van der Waals surface area contributed by atoms with E-state index in [1.165, 1.54) is 0 Å². The molecule has 4 nitrogen and oxygen atoms in total. The van der Waals surface area contributed by atoms with Gasteiger partial charge in [-0.1, -0.05) is 84.9 Å². The highest BCUT2D eigenvalue weighted by atomic mass is 16.3. The summed E-state index contributed by atoms with van der Waals surface area (Å²) in [4.78, 5) is 0. The van der Waals surface area contributed by atoms with Crippen LogP contribution in [0, 0.1) is 11.3 Å². The Bertz CT molecular complexity index is 2180. The van der Waals surface area contributed by atoms with E-state index < -0.39 is 0 Å². The van der Waals surface area contributed by atoms with E-state index in [-0.39, 0.29) is 0 Å². The number of allylic oxidation sites excluding steroid dienone is 2. The lowest BCUT2D eigenvalue weighted by Crippen LogP contribution is -2.10. The second-order valence-corrected chi connectivity index (χ2v) is 10.1. The molecule has 5 aromatic carbocycles. The molecule has 0 fully saturated rings. The number of aromatic nitrogens is 1. The lowest BCUT2D eigenvalue weighted by atomic mass is 9.91. The lowest BCUT2D eigenvalue weighted by molar-refractivity contribution is 0.669. The van der Waals surface area contributed by atoms with Crippen LogP contribution in [0.25, 0.3) is 66.1 Å². The maximum Gasteiger partial charge on any atom is 0.135 e. The lowest BCUT2D eigenvalue weighted by Gasteiger charge is -2.20. The van der Waals surface area contributed by atoms with Gasteiger partial charge < -0.3 is 14.3 Å². The van der Waals surface area contributed by atoms with Crippen molar-refractivity contribution in [3.63, 3.8) is 0 Å². The third kappa shape index (κ3) is 3.25. The van der Waals surface area contributed by atoms with Crippen LogP contribution in [0.4, 0.5) is 0 Å². The van der Waals surface area contributed by atoms with E-state index in [1.807, 2.05) is 30.5 Å². The third-order valence-corrected chi connectivity index (χ3v) is 7.88. The number of fused-ring (bicyclic) bond motifs is 6. The average Bonchev–Trinajstić information content (AvgIpc) is 3.56. The molecule has 8 rings (SSSR count). The van der Waals surface area contributed by atoms with E-state index >= 15 is 0 Å². The molecule has 40 heavy (non-hydrogen) atoms. The standard InChI is InChI=1S/C36H23N3O/c37-21-31-25(24-8-7-19-38-22-24)16-17-26(23-15-18-35-30(20-23)29-11-3-6-14-34(29)40-35)36(31)39-32-12-4-1-9-27(32)28-10-2-5-13-33(28)39/h1-18,20,22,38H,19H2. The molecule has 0 spiro atoms. The number of nitrogens with one attached hydrogen (secondary N) is 1. The van der Waals surface area contributed by atoms with Gasteiger partial charge in [-0.3, -0.25) is 0 Å². The third-order valence-electron chi connectivity index (χ3n) is 7.88. The second kappa shape index (κ2) is 8.76. The average molecular weight is 514 g/mol. The monoisotopic (exact) mass is 513 g/mol. The van der Waals surface area contributed by atoms with Crippen molar-refractivity contribution in [3.8, 4) is 22.9 Å². The normalized spacial score (nSPS) is 13.1. The van der Waals surface area contributed by atoms with Gasteiger partial charge in [0.15, 0.2) is 0 Å². The smallest absolute Gasteiger partial charge is 0.135 e. The van der Waals surface area contributed by atoms with Crippen molar-refractivity contribution in [2.45, 2.75) is 0 Å². The van der Waals surface area contributed by atoms with Gasteiger partial charge in [0.2, 0.25) is 0 Å². The van der Waals surface area contributed by atoms with Gasteiger partial charge in [0.1, 0.15) is 17.2 Å². The molecule has 0 atom stereocenters. The van der Waals surface area contributed by atoms with Gasteiger partial charge in [-0.25, -0.2) is 0 Å². The van der Waals surface area contributed by atoms with Crippen LogP contribution in [0.15, 0.2) is 126 Å². The van der Waals surface area contributed by atoms with Crippen molar-refractivity contribution >= 4 is 49.3 Å². The first kappa shape index (κ1) is 22.5. The number of nitriles is 1. The van der Waals surface area contributed by atoms with Gasteiger partial charge in [-0.05, 0) is 41.5 Å². The fourth-order valence-electron chi connectivity index (χ4n) is 6.11. The zero-order valence-electron chi connectivity index (χ0n) is 21.6. The molecule has 0 aliphatic carbocycles. The topological polar surface area (TPSA) is 53.9 Å². The fourth-order valence-corrected chi connectivity index (χ4v) is 6.11. The van der Waals surface area contributed by atoms with E-state index in [9.17, 15) is 5.26 Å². The zero-order valence-corrected chi connectivity index (χ0v) is 21.6. The summed E-state index contributed by atoms with van der Waals surface area (Å²) in [5.74, 6) is 0. The summed E-state index contributed by atoms with van der Waals surface area (Å²) in [7, 11) is 0. The molecule has 0 saturated carbocycles. The Morgan fingerprint density at radius 1 is 0.700 bits per heavy atom. The number of hydrogen-bond acceptors (Lipinski definition) is 3. The molecule has 1 aliphatic heterocycles. The van der Waals surface area contributed by atoms with E-state index in [1.54, 1.807) is 0 Å². The summed E-state index contributed by atoms with van der Waals surface area (Å²) in [5.41, 5.74) is 9.30. The summed E-state index contributed by atoms with van der Waals surface area (Å²) in [6.45, 7) is 0.780. The SMILES string of the molecule is N#Cc1c(C2=CNCC=C2)ccc(-c2ccc3oc4ccccc4c3c2)c1-n1c2ccccc2c2ccccc21. The van der Waals surface area contributed by atoms with Crippen molar-refractivity contribution in [1.29, 1.82) is 5.26 Å². The number of para-hydroxylation sites is 3. The zero-order chi connectivity index (χ0) is 26.6. The molecular weight excluding hydrogens is 490 g/mol. The Balaban J connectivity index is 1.51. The van der Waals surface area contributed by atoms with Crippen LogP contribution in [0.3, 0.4) is 0 Å². The van der Waals surface area contributed by atoms with Gasteiger partial charge in [0.25, 0.3) is 0 Å². The first-order valence-electron chi connectivity index (χ1n) is 13.4. The van der Waals surface area contributed by atoms with Crippen molar-refractivity contribution in [3.05, 3.63) is 133 Å². The quantitative estimate of drug-likeness (QED) is 0.257. The predicted octanol–water partition coefficient (Wildman–Crippen LogP) is 8.72. The summed E-state index contributed by atoms with van der Waals surface area (Å²) in [6, 6.07) is 38.2. The van der Waals surface area contributed by atoms with Crippen molar-refractivity contribution in [2.24, 2.45) is 0 Å². The van der Waals surface area contributed by atoms with E-state index in [0.29, 0.717) is 5.56 Å². The van der Waals surface area contributed by atoms with Crippen LogP contribution in [0.2, 0.25) is 0 Å². The molecule has 188 valence electrons. The predicted molar refractivity (Wildman–Crippen MR) is 163 cm³/mol. The maximum atomic E-state index is 10.8. The van der Waals surface area contributed by atoms with Crippen LogP contribution in [0.1, 0.15) is 11.1 Å². The number of dihydropyridines is 1. The first-order chi connectivity index (χ1) is 19.8. The molecule has 1 N–H and O–H groups in total. The molecular formula is C36H23N3O. The molecule has 1 aliphatic rings. The summed E-state index contributed by atoms with van der Waals surface area (Å²) >= 11 is 0. The molecule has 0 amide bonds. The van der Waals surface area contributed by atoms with Crippen molar-refractivity contribution in [1.82, 2.24) is 9.88 Å². The Kier molecular flexibility index (Phi) is 4.92. The van der Waals surface area contributed by atoms with Gasteiger partial charge in [0, 0.05) is 45.4 Å². The highest BCUT2D eigenvalue weighted by Crippen LogP contribution is 2.41. The first-order valence-corrected chi connectivity index (χ1v) is 13.4. The molecule has 3 heterocycles. The van der Waals surface area contributed by atoms with E-state index in [4.69, 9.17) is 4.42 Å². The number of rotatable bonds is 3. The molecule has 7 aromatic rings.